The van der Waals surface area contributed by atoms with Gasteiger partial charge in [-0.1, -0.05) is 0 Å². The smallest absolute Gasteiger partial charge is 0.222 e. The Kier molecular flexibility index (Phi) is 4.40. The summed E-state index contributed by atoms with van der Waals surface area (Å²) >= 11 is 0. The largest absolute Gasteiger partial charge is 0.340 e. The number of piperazine rings is 1. The van der Waals surface area contributed by atoms with Crippen LogP contribution in [0.3, 0.4) is 0 Å². The molecule has 0 spiro atoms. The van der Waals surface area contributed by atoms with Crippen LogP contribution in [0.2, 0.25) is 0 Å². The van der Waals surface area contributed by atoms with Crippen LogP contribution in [-0.4, -0.2) is 55.0 Å². The maximum Gasteiger partial charge on any atom is 0.222 e. The van der Waals surface area contributed by atoms with Crippen LogP contribution in [0.25, 0.3) is 0 Å². The minimum Gasteiger partial charge on any atom is -0.340 e. The molecule has 1 aliphatic carbocycles. The zero-order valence-electron chi connectivity index (χ0n) is 10.9. The zero-order chi connectivity index (χ0) is 12.3. The van der Waals surface area contributed by atoms with Crippen molar-refractivity contribution in [2.45, 2.75) is 38.1 Å². The summed E-state index contributed by atoms with van der Waals surface area (Å²) in [6.07, 6.45) is 5.22. The Balaban J connectivity index is 1.73. The fourth-order valence-electron chi connectivity index (χ4n) is 2.82. The van der Waals surface area contributed by atoms with Gasteiger partial charge in [-0.15, -0.1) is 0 Å². The van der Waals surface area contributed by atoms with Crippen LogP contribution in [0.5, 0.6) is 0 Å². The van der Waals surface area contributed by atoms with Crippen molar-refractivity contribution in [1.82, 2.24) is 9.80 Å². The number of likely N-dealkylation sites (N-methyl/N-ethyl adjacent to an activating group) is 1. The number of carbonyl (C=O) groups excluding carboxylic acids is 1. The van der Waals surface area contributed by atoms with Gasteiger partial charge in [-0.3, -0.25) is 4.79 Å². The van der Waals surface area contributed by atoms with E-state index in [0.717, 1.165) is 58.3 Å². The second-order valence-corrected chi connectivity index (χ2v) is 5.67. The summed E-state index contributed by atoms with van der Waals surface area (Å²) in [5.74, 6) is 0.945. The zero-order valence-corrected chi connectivity index (χ0v) is 10.9. The van der Waals surface area contributed by atoms with Gasteiger partial charge < -0.3 is 15.5 Å². The first kappa shape index (κ1) is 12.8. The Labute approximate surface area is 104 Å². The lowest BCUT2D eigenvalue weighted by Crippen LogP contribution is -2.47. The molecule has 1 heterocycles. The van der Waals surface area contributed by atoms with E-state index in [-0.39, 0.29) is 0 Å². The summed E-state index contributed by atoms with van der Waals surface area (Å²) in [6, 6.07) is 0.380. The van der Waals surface area contributed by atoms with Gasteiger partial charge in [0.25, 0.3) is 0 Å². The Morgan fingerprint density at radius 3 is 2.29 bits per heavy atom. The lowest BCUT2D eigenvalue weighted by atomic mass is 9.84. The third kappa shape index (κ3) is 3.68. The van der Waals surface area contributed by atoms with E-state index < -0.39 is 0 Å². The number of carbonyl (C=O) groups is 1. The van der Waals surface area contributed by atoms with Crippen molar-refractivity contribution in [3.63, 3.8) is 0 Å². The number of hydrogen-bond donors (Lipinski definition) is 1. The molecule has 0 unspecified atom stereocenters. The third-order valence-corrected chi connectivity index (χ3v) is 4.21. The SMILES string of the molecule is CN1CCN(C(=O)CC2CCC(N)CC2)CC1. The number of nitrogens with zero attached hydrogens (tertiary/aromatic N) is 2. The molecule has 0 aromatic rings. The van der Waals surface area contributed by atoms with Crippen LogP contribution in [0.4, 0.5) is 0 Å². The molecule has 0 atom stereocenters. The standard InChI is InChI=1S/C13H25N3O/c1-15-6-8-16(9-7-15)13(17)10-11-2-4-12(14)5-3-11/h11-12H,2-10,14H2,1H3. The van der Waals surface area contributed by atoms with Crippen LogP contribution >= 0.6 is 0 Å². The molecule has 2 fully saturated rings. The molecule has 1 amide bonds. The van der Waals surface area contributed by atoms with Gasteiger partial charge in [-0.25, -0.2) is 0 Å². The summed E-state index contributed by atoms with van der Waals surface area (Å²) in [6.45, 7) is 3.84. The van der Waals surface area contributed by atoms with E-state index in [1.165, 1.54) is 0 Å². The molecule has 0 aromatic heterocycles. The maximum atomic E-state index is 12.1. The van der Waals surface area contributed by atoms with E-state index in [9.17, 15) is 4.79 Å². The Morgan fingerprint density at radius 2 is 1.71 bits per heavy atom. The molecule has 0 radical (unpaired) electrons. The molecule has 4 nitrogen and oxygen atoms in total. The second-order valence-electron chi connectivity index (χ2n) is 5.67. The first-order chi connectivity index (χ1) is 8.15. The highest BCUT2D eigenvalue weighted by molar-refractivity contribution is 5.76. The van der Waals surface area contributed by atoms with Gasteiger partial charge in [0, 0.05) is 38.6 Å². The van der Waals surface area contributed by atoms with Crippen molar-refractivity contribution in [2.24, 2.45) is 11.7 Å². The highest BCUT2D eigenvalue weighted by atomic mass is 16.2. The maximum absolute atomic E-state index is 12.1. The highest BCUT2D eigenvalue weighted by Crippen LogP contribution is 2.26. The van der Waals surface area contributed by atoms with Crippen molar-refractivity contribution >= 4 is 5.91 Å². The predicted octanol–water partition coefficient (Wildman–Crippen LogP) is 0.668. The van der Waals surface area contributed by atoms with Crippen LogP contribution in [0.15, 0.2) is 0 Å². The summed E-state index contributed by atoms with van der Waals surface area (Å²) in [5.41, 5.74) is 5.88. The average molecular weight is 239 g/mol. The molecular formula is C13H25N3O. The number of amides is 1. The monoisotopic (exact) mass is 239 g/mol. The van der Waals surface area contributed by atoms with Gasteiger partial charge >= 0.3 is 0 Å². The summed E-state index contributed by atoms with van der Waals surface area (Å²) in [7, 11) is 2.12. The van der Waals surface area contributed by atoms with Crippen molar-refractivity contribution in [3.8, 4) is 0 Å². The quantitative estimate of drug-likeness (QED) is 0.770. The number of nitrogens with two attached hydrogens (primary N) is 1. The number of hydrogen-bond acceptors (Lipinski definition) is 3. The van der Waals surface area contributed by atoms with E-state index in [2.05, 4.69) is 11.9 Å². The second kappa shape index (κ2) is 5.83. The normalized spacial score (nSPS) is 31.5. The molecule has 2 rings (SSSR count). The van der Waals surface area contributed by atoms with Crippen molar-refractivity contribution in [2.75, 3.05) is 33.2 Å². The van der Waals surface area contributed by atoms with Gasteiger partial charge in [-0.05, 0) is 38.6 Å². The van der Waals surface area contributed by atoms with E-state index >= 15 is 0 Å². The number of rotatable bonds is 2. The molecule has 1 aliphatic heterocycles. The minimum atomic E-state index is 0.360. The predicted molar refractivity (Wildman–Crippen MR) is 68.6 cm³/mol. The fraction of sp³-hybridized carbons (Fsp3) is 0.923. The fourth-order valence-corrected chi connectivity index (χ4v) is 2.82. The van der Waals surface area contributed by atoms with Gasteiger partial charge in [0.15, 0.2) is 0 Å². The van der Waals surface area contributed by atoms with E-state index in [0.29, 0.717) is 17.9 Å². The molecule has 0 bridgehead atoms. The minimum absolute atomic E-state index is 0.360. The Morgan fingerprint density at radius 1 is 1.12 bits per heavy atom. The van der Waals surface area contributed by atoms with Crippen LogP contribution in [0.1, 0.15) is 32.1 Å². The van der Waals surface area contributed by atoms with E-state index in [1.54, 1.807) is 0 Å². The molecule has 2 N–H and O–H groups in total. The molecule has 1 saturated carbocycles. The molecule has 0 aromatic carbocycles. The first-order valence-electron chi connectivity index (χ1n) is 6.87. The molecular weight excluding hydrogens is 214 g/mol. The Bertz CT molecular complexity index is 253. The highest BCUT2D eigenvalue weighted by Gasteiger charge is 2.24. The topological polar surface area (TPSA) is 49.6 Å². The molecule has 4 heteroatoms. The Hall–Kier alpha value is -0.610. The molecule has 17 heavy (non-hydrogen) atoms. The van der Waals surface area contributed by atoms with Crippen LogP contribution in [-0.2, 0) is 4.79 Å². The summed E-state index contributed by atoms with van der Waals surface area (Å²) in [4.78, 5) is 16.4. The molecule has 1 saturated heterocycles. The lowest BCUT2D eigenvalue weighted by Gasteiger charge is -2.34. The first-order valence-corrected chi connectivity index (χ1v) is 6.87. The van der Waals surface area contributed by atoms with Gasteiger partial charge in [0.2, 0.25) is 5.91 Å². The van der Waals surface area contributed by atoms with Gasteiger partial charge in [-0.2, -0.15) is 0 Å². The lowest BCUT2D eigenvalue weighted by molar-refractivity contribution is -0.134. The van der Waals surface area contributed by atoms with Crippen molar-refractivity contribution in [3.05, 3.63) is 0 Å². The molecule has 98 valence electrons. The van der Waals surface area contributed by atoms with E-state index in [4.69, 9.17) is 5.73 Å². The average Bonchev–Trinajstić information content (AvgIpc) is 2.33. The third-order valence-electron chi connectivity index (χ3n) is 4.21. The van der Waals surface area contributed by atoms with E-state index in [1.807, 2.05) is 4.90 Å². The van der Waals surface area contributed by atoms with Crippen molar-refractivity contribution in [1.29, 1.82) is 0 Å². The molecule has 2 aliphatic rings. The van der Waals surface area contributed by atoms with Crippen molar-refractivity contribution < 1.29 is 4.79 Å². The van der Waals surface area contributed by atoms with Crippen LogP contribution in [0, 0.1) is 5.92 Å². The summed E-state index contributed by atoms with van der Waals surface area (Å²) < 4.78 is 0. The summed E-state index contributed by atoms with van der Waals surface area (Å²) in [5, 5.41) is 0. The van der Waals surface area contributed by atoms with Gasteiger partial charge in [0.1, 0.15) is 0 Å². The van der Waals surface area contributed by atoms with Gasteiger partial charge in [0.05, 0.1) is 0 Å². The van der Waals surface area contributed by atoms with Crippen LogP contribution < -0.4 is 5.73 Å².